The van der Waals surface area contributed by atoms with Gasteiger partial charge in [-0.2, -0.15) is 0 Å². The Kier molecular flexibility index (Phi) is 77.3. The van der Waals surface area contributed by atoms with Crippen molar-refractivity contribution in [1.82, 2.24) is 0 Å². The summed E-state index contributed by atoms with van der Waals surface area (Å²) in [5.74, 6) is -1.31. The summed E-state index contributed by atoms with van der Waals surface area (Å²) in [7, 11) is -9.93. The average Bonchev–Trinajstić information content (AvgIpc) is 0.907. The van der Waals surface area contributed by atoms with Gasteiger partial charge in [-0.25, -0.2) is 9.13 Å². The number of phosphoric acid groups is 2. The lowest BCUT2D eigenvalue weighted by molar-refractivity contribution is -0.161. The van der Waals surface area contributed by atoms with Crippen LogP contribution in [0.3, 0.4) is 0 Å². The number of aliphatic hydroxyl groups is 1. The first-order valence-electron chi connectivity index (χ1n) is 44.6. The Labute approximate surface area is 645 Å². The maximum Gasteiger partial charge on any atom is 0.472 e. The molecule has 0 spiro atoms. The largest absolute Gasteiger partial charge is 0.472 e. The normalized spacial score (nSPS) is 13.8. The third-order valence-corrected chi connectivity index (χ3v) is 22.2. The summed E-state index contributed by atoms with van der Waals surface area (Å²) in [5, 5.41) is 10.7. The Morgan fingerprint density at radius 3 is 0.648 bits per heavy atom. The number of hydrogen-bond acceptors (Lipinski definition) is 15. The van der Waals surface area contributed by atoms with E-state index in [2.05, 4.69) is 34.6 Å². The second-order valence-corrected chi connectivity index (χ2v) is 34.3. The number of esters is 4. The maximum absolute atomic E-state index is 13.1. The van der Waals surface area contributed by atoms with Crippen molar-refractivity contribution in [3.63, 3.8) is 0 Å². The van der Waals surface area contributed by atoms with Crippen molar-refractivity contribution in [3.8, 4) is 0 Å². The molecule has 2 unspecified atom stereocenters. The Morgan fingerprint density at radius 2 is 0.438 bits per heavy atom. The summed E-state index contributed by atoms with van der Waals surface area (Å²) < 4.78 is 68.9. The van der Waals surface area contributed by atoms with Crippen LogP contribution in [0.15, 0.2) is 0 Å². The number of carbonyl (C=O) groups excluding carboxylic acids is 4. The zero-order valence-electron chi connectivity index (χ0n) is 68.9. The molecule has 0 aliphatic rings. The fourth-order valence-electron chi connectivity index (χ4n) is 13.5. The molecule has 0 radical (unpaired) electrons. The van der Waals surface area contributed by atoms with Crippen LogP contribution in [-0.4, -0.2) is 96.7 Å². The van der Waals surface area contributed by atoms with Gasteiger partial charge in [-0.1, -0.05) is 413 Å². The van der Waals surface area contributed by atoms with Crippen LogP contribution in [0.4, 0.5) is 0 Å². The highest BCUT2D eigenvalue weighted by Crippen LogP contribution is 2.45. The van der Waals surface area contributed by atoms with E-state index in [1.54, 1.807) is 0 Å². The van der Waals surface area contributed by atoms with Crippen molar-refractivity contribution in [1.29, 1.82) is 0 Å². The number of aliphatic hydroxyl groups excluding tert-OH is 1. The average molecular weight is 1540 g/mol. The summed E-state index contributed by atoms with van der Waals surface area (Å²) in [6, 6.07) is 0. The van der Waals surface area contributed by atoms with E-state index in [1.807, 2.05) is 0 Å². The van der Waals surface area contributed by atoms with Crippen LogP contribution in [0.2, 0.25) is 0 Å². The standard InChI is InChI=1S/C86H168O17P2/c1-6-9-12-15-18-21-24-27-29-31-33-35-37-41-46-51-56-61-66-71-85(90)102-82(76-97-84(89)70-65-60-55-50-45-40-36-34-32-30-28-25-22-19-16-13-10-7-2)78-101-105(94,95)99-74-80(87)73-98-104(92,93)100-77-81(75-96-83(88)69-64-59-54-49-44-26-23-20-17-14-11-8-3)103-86(91)72-67-62-57-52-47-42-38-39-43-48-53-58-63-68-79(4)5/h79-82,87H,6-78H2,1-5H3,(H,92,93)(H,94,95)/t80-,81+,82+/m0/s1. The lowest BCUT2D eigenvalue weighted by Crippen LogP contribution is -2.30. The number of ether oxygens (including phenoxy) is 4. The molecule has 0 saturated heterocycles. The second-order valence-electron chi connectivity index (χ2n) is 31.4. The summed E-state index contributed by atoms with van der Waals surface area (Å²) >= 11 is 0. The smallest absolute Gasteiger partial charge is 0.462 e. The number of hydrogen-bond donors (Lipinski definition) is 3. The van der Waals surface area contributed by atoms with Crippen molar-refractivity contribution < 1.29 is 80.2 Å². The summed E-state index contributed by atoms with van der Waals surface area (Å²) in [4.78, 5) is 73.3. The molecule has 0 aromatic heterocycles. The first-order valence-corrected chi connectivity index (χ1v) is 47.6. The van der Waals surface area contributed by atoms with Gasteiger partial charge in [-0.05, 0) is 31.6 Å². The highest BCUT2D eigenvalue weighted by atomic mass is 31.2. The molecule has 0 bridgehead atoms. The van der Waals surface area contributed by atoms with E-state index < -0.39 is 97.5 Å². The molecular formula is C86H168O17P2. The Bertz CT molecular complexity index is 2000. The van der Waals surface area contributed by atoms with E-state index in [1.165, 1.54) is 289 Å². The number of unbranched alkanes of at least 4 members (excludes halogenated alkanes) is 58. The van der Waals surface area contributed by atoms with Crippen LogP contribution in [-0.2, 0) is 65.4 Å². The molecule has 3 N–H and O–H groups in total. The summed E-state index contributed by atoms with van der Waals surface area (Å²) in [6.07, 6.45) is 72.1. The van der Waals surface area contributed by atoms with E-state index in [0.29, 0.717) is 25.7 Å². The molecule has 0 aliphatic carbocycles. The van der Waals surface area contributed by atoms with Gasteiger partial charge in [-0.3, -0.25) is 37.3 Å². The topological polar surface area (TPSA) is 237 Å². The van der Waals surface area contributed by atoms with Crippen LogP contribution in [0.1, 0.15) is 465 Å². The number of phosphoric ester groups is 2. The molecule has 0 aromatic carbocycles. The van der Waals surface area contributed by atoms with E-state index in [9.17, 15) is 43.2 Å². The fraction of sp³-hybridized carbons (Fsp3) is 0.953. The van der Waals surface area contributed by atoms with E-state index in [0.717, 1.165) is 95.8 Å². The van der Waals surface area contributed by atoms with Crippen molar-refractivity contribution in [2.75, 3.05) is 39.6 Å². The first-order chi connectivity index (χ1) is 51.0. The number of carbonyl (C=O) groups is 4. The van der Waals surface area contributed by atoms with Gasteiger partial charge in [0.2, 0.25) is 0 Å². The molecule has 19 heteroatoms. The molecule has 0 rings (SSSR count). The first kappa shape index (κ1) is 103. The molecular weight excluding hydrogens is 1370 g/mol. The van der Waals surface area contributed by atoms with E-state index in [4.69, 9.17) is 37.0 Å². The molecule has 105 heavy (non-hydrogen) atoms. The Hall–Kier alpha value is -1.94. The molecule has 0 amide bonds. The van der Waals surface area contributed by atoms with Crippen molar-refractivity contribution in [3.05, 3.63) is 0 Å². The van der Waals surface area contributed by atoms with Crippen LogP contribution in [0.25, 0.3) is 0 Å². The van der Waals surface area contributed by atoms with E-state index >= 15 is 0 Å². The van der Waals surface area contributed by atoms with Gasteiger partial charge in [0, 0.05) is 25.7 Å². The molecule has 624 valence electrons. The minimum Gasteiger partial charge on any atom is -0.462 e. The second kappa shape index (κ2) is 78.7. The SMILES string of the molecule is CCCCCCCCCCCCCCCCCCCCCC(=O)O[C@H](COC(=O)CCCCCCCCCCCCCCCCCCCC)COP(=O)(O)OC[C@@H](O)COP(=O)(O)OC[C@@H](COC(=O)CCCCCCCCCCCCCC)OC(=O)CCCCCCCCCCCCCCCC(C)C. The molecule has 5 atom stereocenters. The van der Waals surface area contributed by atoms with Gasteiger partial charge in [0.25, 0.3) is 0 Å². The van der Waals surface area contributed by atoms with Crippen LogP contribution in [0, 0.1) is 5.92 Å². The van der Waals surface area contributed by atoms with Crippen molar-refractivity contribution >= 4 is 39.5 Å². The van der Waals surface area contributed by atoms with Crippen LogP contribution >= 0.6 is 15.6 Å². The molecule has 0 saturated carbocycles. The van der Waals surface area contributed by atoms with Gasteiger partial charge < -0.3 is 33.8 Å². The third-order valence-electron chi connectivity index (χ3n) is 20.3. The monoisotopic (exact) mass is 1540 g/mol. The highest BCUT2D eigenvalue weighted by molar-refractivity contribution is 7.47. The van der Waals surface area contributed by atoms with Gasteiger partial charge in [0.05, 0.1) is 26.4 Å². The minimum absolute atomic E-state index is 0.108. The Morgan fingerprint density at radius 1 is 0.257 bits per heavy atom. The molecule has 17 nitrogen and oxygen atoms in total. The van der Waals surface area contributed by atoms with Crippen molar-refractivity contribution in [2.45, 2.75) is 483 Å². The molecule has 0 aromatic rings. The van der Waals surface area contributed by atoms with Gasteiger partial charge in [0.1, 0.15) is 19.3 Å². The van der Waals surface area contributed by atoms with Crippen LogP contribution < -0.4 is 0 Å². The van der Waals surface area contributed by atoms with Crippen LogP contribution in [0.5, 0.6) is 0 Å². The van der Waals surface area contributed by atoms with E-state index in [-0.39, 0.29) is 25.7 Å². The Balaban J connectivity index is 5.25. The zero-order chi connectivity index (χ0) is 76.9. The molecule has 0 heterocycles. The minimum atomic E-state index is -4.97. The molecule has 0 aliphatic heterocycles. The quantitative estimate of drug-likeness (QED) is 0.0222. The lowest BCUT2D eigenvalue weighted by atomic mass is 10.0. The zero-order valence-corrected chi connectivity index (χ0v) is 70.7. The maximum atomic E-state index is 13.1. The predicted molar refractivity (Wildman–Crippen MR) is 432 cm³/mol. The predicted octanol–water partition coefficient (Wildman–Crippen LogP) is 26.4. The van der Waals surface area contributed by atoms with Gasteiger partial charge >= 0.3 is 39.5 Å². The van der Waals surface area contributed by atoms with Gasteiger partial charge in [0.15, 0.2) is 12.2 Å². The lowest BCUT2D eigenvalue weighted by Gasteiger charge is -2.21. The fourth-order valence-corrected chi connectivity index (χ4v) is 15.1. The number of rotatable bonds is 86. The summed E-state index contributed by atoms with van der Waals surface area (Å²) in [6.45, 7) is 7.39. The molecule has 0 fully saturated rings. The summed E-state index contributed by atoms with van der Waals surface area (Å²) in [5.41, 5.74) is 0. The van der Waals surface area contributed by atoms with Crippen molar-refractivity contribution in [2.24, 2.45) is 5.92 Å². The highest BCUT2D eigenvalue weighted by Gasteiger charge is 2.30. The third kappa shape index (κ3) is 79.9. The van der Waals surface area contributed by atoms with Gasteiger partial charge in [-0.15, -0.1) is 0 Å².